The molecular weight excluding hydrogens is 329 g/mol. The molecule has 20 heavy (non-hydrogen) atoms. The maximum Gasteiger partial charge on any atom is 0.343 e. The Kier molecular flexibility index (Phi) is 4.46. The van der Waals surface area contributed by atoms with Crippen molar-refractivity contribution in [2.24, 2.45) is 0 Å². The fourth-order valence-corrected chi connectivity index (χ4v) is 2.90. The molecule has 0 unspecified atom stereocenters. The van der Waals surface area contributed by atoms with Gasteiger partial charge >= 0.3 is 11.7 Å². The van der Waals surface area contributed by atoms with Gasteiger partial charge in [0, 0.05) is 6.07 Å². The SMILES string of the molecule is O=[N+]([O-])c1ccc(Cl)c(S(=O)(=O)NC(F)(F)CF)c1O. The van der Waals surface area contributed by atoms with Gasteiger partial charge in [-0.05, 0) is 6.07 Å². The van der Waals surface area contributed by atoms with Crippen molar-refractivity contribution in [3.05, 3.63) is 27.3 Å². The third-order valence-corrected chi connectivity index (χ3v) is 3.92. The molecular formula is C8H6ClF3N2O5S. The van der Waals surface area contributed by atoms with Crippen molar-refractivity contribution in [3.8, 4) is 5.75 Å². The molecule has 0 aliphatic heterocycles. The van der Waals surface area contributed by atoms with Crippen LogP contribution in [0, 0.1) is 10.1 Å². The number of hydrogen-bond donors (Lipinski definition) is 2. The third-order valence-electron chi connectivity index (χ3n) is 1.98. The first kappa shape index (κ1) is 16.5. The van der Waals surface area contributed by atoms with Crippen LogP contribution in [0.25, 0.3) is 0 Å². The van der Waals surface area contributed by atoms with Crippen LogP contribution in [-0.4, -0.2) is 31.2 Å². The zero-order valence-corrected chi connectivity index (χ0v) is 10.9. The summed E-state index contributed by atoms with van der Waals surface area (Å²) in [5.41, 5.74) is -1.06. The molecule has 0 aliphatic rings. The molecule has 112 valence electrons. The van der Waals surface area contributed by atoms with Crippen LogP contribution in [-0.2, 0) is 10.0 Å². The number of benzene rings is 1. The van der Waals surface area contributed by atoms with E-state index in [-0.39, 0.29) is 0 Å². The minimum absolute atomic E-state index is 0.643. The van der Waals surface area contributed by atoms with Gasteiger partial charge < -0.3 is 5.11 Å². The first-order chi connectivity index (χ1) is 9.02. The molecule has 0 fully saturated rings. The number of halogens is 4. The van der Waals surface area contributed by atoms with Crippen molar-refractivity contribution in [1.29, 1.82) is 0 Å². The molecule has 0 bridgehead atoms. The topological polar surface area (TPSA) is 110 Å². The third kappa shape index (κ3) is 3.29. The van der Waals surface area contributed by atoms with Crippen molar-refractivity contribution in [2.75, 3.05) is 6.67 Å². The highest BCUT2D eigenvalue weighted by atomic mass is 35.5. The quantitative estimate of drug-likeness (QED) is 0.484. The first-order valence-corrected chi connectivity index (χ1v) is 6.51. The van der Waals surface area contributed by atoms with Crippen molar-refractivity contribution in [2.45, 2.75) is 10.9 Å². The van der Waals surface area contributed by atoms with Gasteiger partial charge in [-0.3, -0.25) is 10.1 Å². The number of aromatic hydroxyl groups is 1. The Bertz CT molecular complexity index is 652. The number of rotatable bonds is 5. The van der Waals surface area contributed by atoms with Gasteiger partial charge in [-0.15, -0.1) is 4.72 Å². The molecule has 2 N–H and O–H groups in total. The highest BCUT2D eigenvalue weighted by molar-refractivity contribution is 7.89. The minimum Gasteiger partial charge on any atom is -0.501 e. The average Bonchev–Trinajstić information content (AvgIpc) is 2.26. The number of nitro benzene ring substituents is 1. The lowest BCUT2D eigenvalue weighted by Crippen LogP contribution is -2.42. The summed E-state index contributed by atoms with van der Waals surface area (Å²) in [6.45, 7) is -2.35. The van der Waals surface area contributed by atoms with Crippen molar-refractivity contribution in [1.82, 2.24) is 4.72 Å². The summed E-state index contributed by atoms with van der Waals surface area (Å²) in [4.78, 5) is 8.06. The number of phenols is 1. The number of alkyl halides is 3. The molecule has 0 heterocycles. The summed E-state index contributed by atoms with van der Waals surface area (Å²) in [6.07, 6.45) is 0. The van der Waals surface area contributed by atoms with Crippen molar-refractivity contribution >= 4 is 27.3 Å². The highest BCUT2D eigenvalue weighted by Crippen LogP contribution is 2.38. The fraction of sp³-hybridized carbons (Fsp3) is 0.250. The fourth-order valence-electron chi connectivity index (χ4n) is 1.21. The summed E-state index contributed by atoms with van der Waals surface area (Å²) in [6, 6.07) is -3.04. The Morgan fingerprint density at radius 1 is 1.45 bits per heavy atom. The van der Waals surface area contributed by atoms with Crippen molar-refractivity contribution < 1.29 is 31.6 Å². The minimum atomic E-state index is -5.17. The van der Waals surface area contributed by atoms with Crippen LogP contribution in [0.4, 0.5) is 18.9 Å². The Morgan fingerprint density at radius 3 is 2.45 bits per heavy atom. The Balaban J connectivity index is 3.46. The Hall–Kier alpha value is -1.59. The normalized spacial score (nSPS) is 12.4. The van der Waals surface area contributed by atoms with Gasteiger partial charge in [-0.2, -0.15) is 8.78 Å². The molecule has 1 aromatic rings. The molecule has 0 saturated heterocycles. The number of nitro groups is 1. The molecule has 0 spiro atoms. The van der Waals surface area contributed by atoms with Gasteiger partial charge in [-0.1, -0.05) is 11.6 Å². The van der Waals surface area contributed by atoms with Crippen LogP contribution in [0.3, 0.4) is 0 Å². The van der Waals surface area contributed by atoms with E-state index in [4.69, 9.17) is 11.6 Å². The predicted molar refractivity (Wildman–Crippen MR) is 61.0 cm³/mol. The number of sulfonamides is 1. The van der Waals surface area contributed by atoms with Crippen LogP contribution in [0.5, 0.6) is 5.75 Å². The van der Waals surface area contributed by atoms with E-state index in [1.807, 2.05) is 0 Å². The molecule has 12 heteroatoms. The monoisotopic (exact) mass is 334 g/mol. The second-order valence-electron chi connectivity index (χ2n) is 3.44. The van der Waals surface area contributed by atoms with Crippen LogP contribution >= 0.6 is 11.6 Å². The van der Waals surface area contributed by atoms with Gasteiger partial charge in [0.1, 0.15) is 4.90 Å². The van der Waals surface area contributed by atoms with Crippen LogP contribution in [0.15, 0.2) is 17.0 Å². The lowest BCUT2D eigenvalue weighted by molar-refractivity contribution is -0.386. The van der Waals surface area contributed by atoms with E-state index >= 15 is 0 Å². The summed E-state index contributed by atoms with van der Waals surface area (Å²) < 4.78 is 61.3. The molecule has 0 saturated carbocycles. The largest absolute Gasteiger partial charge is 0.501 e. The maximum absolute atomic E-state index is 12.7. The van der Waals surface area contributed by atoms with Gasteiger partial charge in [0.15, 0.2) is 6.67 Å². The summed E-state index contributed by atoms with van der Waals surface area (Å²) >= 11 is 5.42. The van der Waals surface area contributed by atoms with E-state index in [2.05, 4.69) is 0 Å². The highest BCUT2D eigenvalue weighted by Gasteiger charge is 2.39. The first-order valence-electron chi connectivity index (χ1n) is 4.65. The van der Waals surface area contributed by atoms with Gasteiger partial charge in [0.25, 0.3) is 10.0 Å². The molecule has 1 aromatic carbocycles. The maximum atomic E-state index is 12.7. The molecule has 1 rings (SSSR count). The smallest absolute Gasteiger partial charge is 0.343 e. The van der Waals surface area contributed by atoms with Crippen LogP contribution in [0.2, 0.25) is 5.02 Å². The number of phenolic OH excluding ortho intramolecular Hbond substituents is 1. The molecule has 0 radical (unpaired) electrons. The second-order valence-corrected chi connectivity index (χ2v) is 5.47. The van der Waals surface area contributed by atoms with Gasteiger partial charge in [0.05, 0.1) is 9.95 Å². The molecule has 0 amide bonds. The molecule has 7 nitrogen and oxygen atoms in total. The number of hydrogen-bond acceptors (Lipinski definition) is 5. The van der Waals surface area contributed by atoms with E-state index in [0.717, 1.165) is 6.07 Å². The standard InChI is InChI=1S/C8H6ClF3N2O5S/c9-4-1-2-5(14(16)17)6(15)7(4)20(18,19)13-8(11,12)3-10/h1-2,13,15H,3H2. The summed E-state index contributed by atoms with van der Waals surface area (Å²) in [5, 5.41) is 19.3. The van der Waals surface area contributed by atoms with E-state index in [1.54, 1.807) is 0 Å². The predicted octanol–water partition coefficient (Wildman–Crippen LogP) is 1.79. The number of nitrogens with zero attached hydrogens (tertiary/aromatic N) is 1. The zero-order valence-electron chi connectivity index (χ0n) is 9.31. The molecule has 0 atom stereocenters. The average molecular weight is 335 g/mol. The van der Waals surface area contributed by atoms with E-state index < -0.39 is 49.0 Å². The Morgan fingerprint density at radius 2 is 2.00 bits per heavy atom. The van der Waals surface area contributed by atoms with E-state index in [9.17, 15) is 36.8 Å². The van der Waals surface area contributed by atoms with E-state index in [1.165, 1.54) is 0 Å². The Labute approximate surface area is 115 Å². The zero-order chi connectivity index (χ0) is 15.7. The van der Waals surface area contributed by atoms with Crippen LogP contribution in [0.1, 0.15) is 0 Å². The number of nitrogens with one attached hydrogen (secondary N) is 1. The second kappa shape index (κ2) is 5.42. The van der Waals surface area contributed by atoms with Crippen LogP contribution < -0.4 is 4.72 Å². The van der Waals surface area contributed by atoms with Crippen molar-refractivity contribution in [3.63, 3.8) is 0 Å². The lowest BCUT2D eigenvalue weighted by Gasteiger charge is -2.15. The molecule has 0 aliphatic carbocycles. The lowest BCUT2D eigenvalue weighted by atomic mass is 10.3. The van der Waals surface area contributed by atoms with Gasteiger partial charge in [0.2, 0.25) is 5.75 Å². The van der Waals surface area contributed by atoms with Gasteiger partial charge in [-0.25, -0.2) is 12.8 Å². The molecule has 0 aromatic heterocycles. The summed E-state index contributed by atoms with van der Waals surface area (Å²) in [7, 11) is -5.17. The summed E-state index contributed by atoms with van der Waals surface area (Å²) in [5.74, 6) is -1.43. The van der Waals surface area contributed by atoms with E-state index in [0.29, 0.717) is 10.8 Å².